The Morgan fingerprint density at radius 3 is 2.79 bits per heavy atom. The van der Waals surface area contributed by atoms with Crippen molar-refractivity contribution in [3.8, 4) is 0 Å². The quantitative estimate of drug-likeness (QED) is 0.527. The number of aromatic nitrogens is 2. The molecular formula is C18H22N4O5S. The smallest absolute Gasteiger partial charge is 0.293 e. The Hall–Kier alpha value is -2.69. The van der Waals surface area contributed by atoms with E-state index in [1.807, 2.05) is 35.8 Å². The van der Waals surface area contributed by atoms with Gasteiger partial charge in [-0.25, -0.2) is 18.1 Å². The number of hydrogen-bond donors (Lipinski definition) is 2. The SMILES string of the molecule is CCOCCCn1c(NC(=O)c2ccc(S(=O)(=O)NC)o2)nc2ccccc21. The lowest BCUT2D eigenvalue weighted by atomic mass is 10.3. The zero-order valence-corrected chi connectivity index (χ0v) is 16.5. The van der Waals surface area contributed by atoms with Gasteiger partial charge < -0.3 is 13.7 Å². The van der Waals surface area contributed by atoms with E-state index in [4.69, 9.17) is 9.15 Å². The molecule has 0 fully saturated rings. The van der Waals surface area contributed by atoms with Crippen LogP contribution in [0.5, 0.6) is 0 Å². The van der Waals surface area contributed by atoms with Crippen molar-refractivity contribution >= 4 is 32.9 Å². The second-order valence-electron chi connectivity index (χ2n) is 5.91. The lowest BCUT2D eigenvalue weighted by molar-refractivity contribution is 0.0990. The molecule has 2 heterocycles. The van der Waals surface area contributed by atoms with Crippen molar-refractivity contribution in [1.29, 1.82) is 0 Å². The molecule has 2 aromatic heterocycles. The molecule has 0 aliphatic carbocycles. The molecule has 0 unspecified atom stereocenters. The summed E-state index contributed by atoms with van der Waals surface area (Å²) in [6.07, 6.45) is 0.752. The number of rotatable bonds is 9. The first kappa shape index (κ1) is 20.1. The van der Waals surface area contributed by atoms with Crippen LogP contribution in [0.2, 0.25) is 0 Å². The Kier molecular flexibility index (Phi) is 6.12. The molecule has 0 saturated heterocycles. The molecule has 10 heteroatoms. The normalized spacial score (nSPS) is 11.8. The molecule has 2 N–H and O–H groups in total. The van der Waals surface area contributed by atoms with Gasteiger partial charge in [0, 0.05) is 19.8 Å². The number of aryl methyl sites for hydroxylation is 1. The monoisotopic (exact) mass is 406 g/mol. The molecule has 0 bridgehead atoms. The molecule has 0 saturated carbocycles. The molecule has 0 aliphatic rings. The number of imidazole rings is 1. The predicted molar refractivity (Wildman–Crippen MR) is 104 cm³/mol. The van der Waals surface area contributed by atoms with Crippen LogP contribution in [0.3, 0.4) is 0 Å². The van der Waals surface area contributed by atoms with E-state index < -0.39 is 15.9 Å². The average Bonchev–Trinajstić information content (AvgIpc) is 3.31. The van der Waals surface area contributed by atoms with E-state index in [9.17, 15) is 13.2 Å². The fourth-order valence-corrected chi connectivity index (χ4v) is 3.36. The number of furan rings is 1. The van der Waals surface area contributed by atoms with E-state index in [0.717, 1.165) is 17.5 Å². The topological polar surface area (TPSA) is 115 Å². The number of carbonyl (C=O) groups is 1. The zero-order valence-electron chi connectivity index (χ0n) is 15.6. The van der Waals surface area contributed by atoms with Gasteiger partial charge in [-0.15, -0.1) is 0 Å². The molecule has 0 radical (unpaired) electrons. The lowest BCUT2D eigenvalue weighted by Crippen LogP contribution is -2.18. The van der Waals surface area contributed by atoms with Crippen LogP contribution in [0.15, 0.2) is 45.9 Å². The number of sulfonamides is 1. The molecule has 0 atom stereocenters. The highest BCUT2D eigenvalue weighted by atomic mass is 32.2. The number of amides is 1. The molecule has 150 valence electrons. The first-order valence-corrected chi connectivity index (χ1v) is 10.3. The van der Waals surface area contributed by atoms with E-state index >= 15 is 0 Å². The Labute approximate surface area is 162 Å². The van der Waals surface area contributed by atoms with Gasteiger partial charge in [-0.1, -0.05) is 12.1 Å². The number of nitrogens with one attached hydrogen (secondary N) is 2. The highest BCUT2D eigenvalue weighted by Crippen LogP contribution is 2.21. The minimum atomic E-state index is -3.76. The Bertz CT molecular complexity index is 1070. The van der Waals surface area contributed by atoms with Gasteiger partial charge in [-0.05, 0) is 44.7 Å². The zero-order chi connectivity index (χ0) is 20.1. The van der Waals surface area contributed by atoms with E-state index in [-0.39, 0.29) is 10.9 Å². The number of fused-ring (bicyclic) bond motifs is 1. The fourth-order valence-electron chi connectivity index (χ4n) is 2.72. The summed E-state index contributed by atoms with van der Waals surface area (Å²) in [5, 5.41) is 2.37. The van der Waals surface area contributed by atoms with Gasteiger partial charge >= 0.3 is 0 Å². The molecule has 0 spiro atoms. The summed E-state index contributed by atoms with van der Waals surface area (Å²) >= 11 is 0. The number of anilines is 1. The van der Waals surface area contributed by atoms with Crippen LogP contribution < -0.4 is 10.0 Å². The fraction of sp³-hybridized carbons (Fsp3) is 0.333. The van der Waals surface area contributed by atoms with Crippen molar-refractivity contribution in [2.75, 3.05) is 25.6 Å². The number of hydrogen-bond acceptors (Lipinski definition) is 6. The second-order valence-corrected chi connectivity index (χ2v) is 7.72. The first-order valence-electron chi connectivity index (χ1n) is 8.84. The molecular weight excluding hydrogens is 384 g/mol. The van der Waals surface area contributed by atoms with Gasteiger partial charge in [0.15, 0.2) is 5.76 Å². The summed E-state index contributed by atoms with van der Waals surface area (Å²) in [7, 11) is -2.50. The summed E-state index contributed by atoms with van der Waals surface area (Å²) in [5.74, 6) is -0.349. The third-order valence-electron chi connectivity index (χ3n) is 4.09. The number of ether oxygens (including phenoxy) is 1. The van der Waals surface area contributed by atoms with Crippen molar-refractivity contribution < 1.29 is 22.4 Å². The van der Waals surface area contributed by atoms with Crippen LogP contribution in [0, 0.1) is 0 Å². The van der Waals surface area contributed by atoms with E-state index in [1.54, 1.807) is 0 Å². The maximum absolute atomic E-state index is 12.5. The second kappa shape index (κ2) is 8.55. The van der Waals surface area contributed by atoms with Crippen molar-refractivity contribution in [2.24, 2.45) is 0 Å². The first-order chi connectivity index (χ1) is 13.5. The molecule has 3 aromatic rings. The molecule has 28 heavy (non-hydrogen) atoms. The van der Waals surface area contributed by atoms with E-state index in [2.05, 4.69) is 15.0 Å². The van der Waals surface area contributed by atoms with Crippen LogP contribution >= 0.6 is 0 Å². The number of benzene rings is 1. The van der Waals surface area contributed by atoms with Crippen molar-refractivity contribution in [3.63, 3.8) is 0 Å². The number of carbonyl (C=O) groups excluding carboxylic acids is 1. The Morgan fingerprint density at radius 1 is 1.25 bits per heavy atom. The van der Waals surface area contributed by atoms with Crippen LogP contribution in [-0.4, -0.2) is 44.1 Å². The average molecular weight is 406 g/mol. The Balaban J connectivity index is 1.84. The molecule has 0 aliphatic heterocycles. The van der Waals surface area contributed by atoms with Crippen molar-refractivity contribution in [2.45, 2.75) is 25.0 Å². The molecule has 9 nitrogen and oxygen atoms in total. The summed E-state index contributed by atoms with van der Waals surface area (Å²) in [4.78, 5) is 17.0. The largest absolute Gasteiger partial charge is 0.438 e. The maximum Gasteiger partial charge on any atom is 0.293 e. The predicted octanol–water partition coefficient (Wildman–Crippen LogP) is 2.22. The standard InChI is InChI=1S/C18H22N4O5S/c1-3-26-12-6-11-22-14-8-5-4-7-13(14)20-18(22)21-17(23)15-9-10-16(27-15)28(24,25)19-2/h4-5,7-10,19H,3,6,11-12H2,1-2H3,(H,20,21,23). The lowest BCUT2D eigenvalue weighted by Gasteiger charge is -2.09. The summed E-state index contributed by atoms with van der Waals surface area (Å²) in [6, 6.07) is 10.1. The van der Waals surface area contributed by atoms with Crippen molar-refractivity contribution in [1.82, 2.24) is 14.3 Å². The Morgan fingerprint density at radius 2 is 2.04 bits per heavy atom. The molecule has 3 rings (SSSR count). The van der Waals surface area contributed by atoms with Gasteiger partial charge in [0.2, 0.25) is 11.0 Å². The van der Waals surface area contributed by atoms with Gasteiger partial charge in [-0.3, -0.25) is 10.1 Å². The van der Waals surface area contributed by atoms with Gasteiger partial charge in [0.05, 0.1) is 11.0 Å². The number of nitrogens with zero attached hydrogens (tertiary/aromatic N) is 2. The third-order valence-corrected chi connectivity index (χ3v) is 5.38. The number of para-hydroxylation sites is 2. The summed E-state index contributed by atoms with van der Waals surface area (Å²) in [6.45, 7) is 3.78. The highest BCUT2D eigenvalue weighted by molar-refractivity contribution is 7.89. The van der Waals surface area contributed by atoms with Crippen LogP contribution in [-0.2, 0) is 21.3 Å². The van der Waals surface area contributed by atoms with E-state index in [1.165, 1.54) is 19.2 Å². The minimum Gasteiger partial charge on any atom is -0.438 e. The van der Waals surface area contributed by atoms with Crippen molar-refractivity contribution in [3.05, 3.63) is 42.2 Å². The van der Waals surface area contributed by atoms with Gasteiger partial charge in [-0.2, -0.15) is 0 Å². The van der Waals surface area contributed by atoms with Crippen LogP contribution in [0.25, 0.3) is 11.0 Å². The van der Waals surface area contributed by atoms with Gasteiger partial charge in [0.25, 0.3) is 15.9 Å². The molecule has 1 aromatic carbocycles. The molecule has 1 amide bonds. The summed E-state index contributed by atoms with van der Waals surface area (Å²) in [5.41, 5.74) is 1.62. The minimum absolute atomic E-state index is 0.123. The summed E-state index contributed by atoms with van der Waals surface area (Å²) < 4.78 is 38.1. The van der Waals surface area contributed by atoms with E-state index in [0.29, 0.717) is 25.7 Å². The van der Waals surface area contributed by atoms with Crippen LogP contribution in [0.1, 0.15) is 23.9 Å². The maximum atomic E-state index is 12.5. The third kappa shape index (κ3) is 4.24. The van der Waals surface area contributed by atoms with Crippen LogP contribution in [0.4, 0.5) is 5.95 Å². The van der Waals surface area contributed by atoms with Gasteiger partial charge in [0.1, 0.15) is 0 Å². The highest BCUT2D eigenvalue weighted by Gasteiger charge is 2.21.